The van der Waals surface area contributed by atoms with Gasteiger partial charge in [0.2, 0.25) is 11.9 Å². The maximum Gasteiger partial charge on any atom is 0.303 e. The van der Waals surface area contributed by atoms with E-state index in [1.807, 2.05) is 66.7 Å². The first kappa shape index (κ1) is 36.4. The highest BCUT2D eigenvalue weighted by atomic mass is 28.4. The van der Waals surface area contributed by atoms with Gasteiger partial charge < -0.3 is 18.6 Å². The Morgan fingerprint density at radius 1 is 1.00 bits per heavy atom. The molecule has 3 aromatic carbocycles. The Morgan fingerprint density at radius 3 is 2.17 bits per heavy atom. The Morgan fingerprint density at radius 2 is 1.60 bits per heavy atom. The molecule has 2 aromatic heterocycles. The maximum atomic E-state index is 13.5. The second-order valence-corrected chi connectivity index (χ2v) is 19.4. The van der Waals surface area contributed by atoms with Crippen molar-refractivity contribution < 1.29 is 28.2 Å². The van der Waals surface area contributed by atoms with E-state index < -0.39 is 50.0 Å². The molecule has 4 heterocycles. The van der Waals surface area contributed by atoms with E-state index >= 15 is 0 Å². The van der Waals surface area contributed by atoms with Crippen LogP contribution < -0.4 is 21.2 Å². The summed E-state index contributed by atoms with van der Waals surface area (Å²) in [6, 6.07) is 30.4. The molecule has 0 radical (unpaired) electrons. The third kappa shape index (κ3) is 6.52. The van der Waals surface area contributed by atoms with Gasteiger partial charge in [0, 0.05) is 19.3 Å². The van der Waals surface area contributed by atoms with Crippen LogP contribution in [0.25, 0.3) is 11.2 Å². The summed E-state index contributed by atoms with van der Waals surface area (Å²) in [5, 5.41) is 4.58. The van der Waals surface area contributed by atoms with Gasteiger partial charge in [-0.05, 0) is 21.0 Å². The SMILES string of the molecule is CC(=O)O[C@H]1C2O[C@H](n3cnc4nc(NC(=O)C(C)C)[nH]c(=O)c43)C[C@@]2(c2ccccc2)O[C@@H]1CO[Si](c1ccccc1)(c1ccccc1)C(C)(C)C. The zero-order valence-corrected chi connectivity index (χ0v) is 31.7. The largest absolute Gasteiger partial charge is 0.457 e. The number of benzene rings is 3. The van der Waals surface area contributed by atoms with Crippen LogP contribution >= 0.6 is 0 Å². The van der Waals surface area contributed by atoms with Crippen LogP contribution in [0.2, 0.25) is 5.04 Å². The van der Waals surface area contributed by atoms with Crippen molar-refractivity contribution >= 4 is 47.7 Å². The van der Waals surface area contributed by atoms with Crippen LogP contribution in [-0.4, -0.2) is 64.6 Å². The minimum absolute atomic E-state index is 0.0124. The monoisotopic (exact) mass is 735 g/mol. The molecular formula is C40H45N5O7Si. The molecule has 1 unspecified atom stereocenters. The van der Waals surface area contributed by atoms with Crippen molar-refractivity contribution in [3.05, 3.63) is 113 Å². The predicted molar refractivity (Wildman–Crippen MR) is 202 cm³/mol. The molecule has 13 heteroatoms. The molecule has 276 valence electrons. The van der Waals surface area contributed by atoms with E-state index in [1.165, 1.54) is 13.3 Å². The van der Waals surface area contributed by atoms with Crippen molar-refractivity contribution in [2.24, 2.45) is 5.92 Å². The fourth-order valence-corrected chi connectivity index (χ4v) is 12.4. The second-order valence-electron chi connectivity index (χ2n) is 15.1. The van der Waals surface area contributed by atoms with Crippen LogP contribution in [0.15, 0.2) is 102 Å². The summed E-state index contributed by atoms with van der Waals surface area (Å²) < 4.78 is 29.0. The number of hydrogen-bond donors (Lipinski definition) is 2. The molecule has 2 N–H and O–H groups in total. The average Bonchev–Trinajstić information content (AvgIpc) is 3.81. The van der Waals surface area contributed by atoms with E-state index in [2.05, 4.69) is 65.3 Å². The van der Waals surface area contributed by atoms with Gasteiger partial charge in [0.05, 0.1) is 12.9 Å². The number of hydrogen-bond acceptors (Lipinski definition) is 9. The number of carbonyl (C=O) groups excluding carboxylic acids is 2. The van der Waals surface area contributed by atoms with E-state index in [-0.39, 0.29) is 47.0 Å². The molecule has 2 aliphatic heterocycles. The van der Waals surface area contributed by atoms with Crippen molar-refractivity contribution in [2.75, 3.05) is 11.9 Å². The number of anilines is 1. The van der Waals surface area contributed by atoms with Gasteiger partial charge >= 0.3 is 5.97 Å². The first-order valence-electron chi connectivity index (χ1n) is 17.9. The lowest BCUT2D eigenvalue weighted by Gasteiger charge is -2.43. The van der Waals surface area contributed by atoms with Gasteiger partial charge in [-0.25, -0.2) is 4.98 Å². The number of carbonyl (C=O) groups is 2. The van der Waals surface area contributed by atoms with Crippen LogP contribution in [0.5, 0.6) is 0 Å². The number of amides is 1. The molecule has 2 fully saturated rings. The third-order valence-electron chi connectivity index (χ3n) is 10.2. The Balaban J connectivity index is 1.27. The van der Waals surface area contributed by atoms with Crippen LogP contribution in [0.1, 0.15) is 59.8 Å². The average molecular weight is 736 g/mol. The number of ether oxygens (including phenoxy) is 3. The molecule has 53 heavy (non-hydrogen) atoms. The summed E-state index contributed by atoms with van der Waals surface area (Å²) in [5.41, 5.74) is -0.400. The smallest absolute Gasteiger partial charge is 0.303 e. The number of aromatic nitrogens is 4. The van der Waals surface area contributed by atoms with Crippen molar-refractivity contribution in [2.45, 2.75) is 83.1 Å². The van der Waals surface area contributed by atoms with Gasteiger partial charge in [-0.3, -0.25) is 29.3 Å². The van der Waals surface area contributed by atoms with E-state index in [1.54, 1.807) is 18.4 Å². The summed E-state index contributed by atoms with van der Waals surface area (Å²) in [6.07, 6.45) is -1.27. The molecular weight excluding hydrogens is 691 g/mol. The number of nitrogens with zero attached hydrogens (tertiary/aromatic N) is 3. The second kappa shape index (κ2) is 14.1. The number of H-pyrrole nitrogens is 1. The topological polar surface area (TPSA) is 147 Å². The first-order chi connectivity index (χ1) is 25.3. The van der Waals surface area contributed by atoms with Crippen molar-refractivity contribution in [3.63, 3.8) is 0 Å². The Kier molecular flexibility index (Phi) is 9.70. The Bertz CT molecular complexity index is 2110. The molecule has 5 atom stereocenters. The van der Waals surface area contributed by atoms with Crippen LogP contribution in [-0.2, 0) is 33.8 Å². The van der Waals surface area contributed by atoms with Crippen molar-refractivity contribution in [1.29, 1.82) is 0 Å². The molecule has 0 bridgehead atoms. The highest BCUT2D eigenvalue weighted by molar-refractivity contribution is 6.99. The zero-order valence-electron chi connectivity index (χ0n) is 30.7. The van der Waals surface area contributed by atoms with Gasteiger partial charge in [0.15, 0.2) is 17.3 Å². The molecule has 2 saturated heterocycles. The summed E-state index contributed by atoms with van der Waals surface area (Å²) in [6.45, 7) is 11.6. The molecule has 0 spiro atoms. The Labute approximate surface area is 309 Å². The maximum absolute atomic E-state index is 13.5. The molecule has 12 nitrogen and oxygen atoms in total. The third-order valence-corrected chi connectivity index (χ3v) is 15.2. The molecule has 5 aromatic rings. The van der Waals surface area contributed by atoms with Crippen LogP contribution in [0, 0.1) is 5.92 Å². The quantitative estimate of drug-likeness (QED) is 0.153. The highest BCUT2D eigenvalue weighted by Crippen LogP contribution is 2.54. The first-order valence-corrected chi connectivity index (χ1v) is 19.8. The normalized spacial score (nSPS) is 22.9. The van der Waals surface area contributed by atoms with Gasteiger partial charge in [-0.15, -0.1) is 0 Å². The zero-order chi connectivity index (χ0) is 37.5. The van der Waals surface area contributed by atoms with Gasteiger partial charge in [-0.1, -0.05) is 126 Å². The number of imidazole rings is 1. The highest BCUT2D eigenvalue weighted by Gasteiger charge is 2.64. The van der Waals surface area contributed by atoms with Crippen LogP contribution in [0.4, 0.5) is 5.95 Å². The molecule has 1 amide bonds. The summed E-state index contributed by atoms with van der Waals surface area (Å²) in [5.74, 6) is -1.06. The lowest BCUT2D eigenvalue weighted by Crippen LogP contribution is -2.67. The number of nitrogens with one attached hydrogen (secondary N) is 2. The summed E-state index contributed by atoms with van der Waals surface area (Å²) in [7, 11) is -2.99. The van der Waals surface area contributed by atoms with Gasteiger partial charge in [0.25, 0.3) is 13.9 Å². The van der Waals surface area contributed by atoms with Gasteiger partial charge in [0.1, 0.15) is 24.0 Å². The van der Waals surface area contributed by atoms with Crippen molar-refractivity contribution in [1.82, 2.24) is 19.5 Å². The van der Waals surface area contributed by atoms with Crippen LogP contribution in [0.3, 0.4) is 0 Å². The number of esters is 1. The molecule has 7 rings (SSSR count). The summed E-state index contributed by atoms with van der Waals surface area (Å²) >= 11 is 0. The van der Waals surface area contributed by atoms with E-state index in [9.17, 15) is 14.4 Å². The minimum atomic E-state index is -2.99. The molecule has 0 saturated carbocycles. The number of aromatic amines is 1. The lowest BCUT2D eigenvalue weighted by molar-refractivity contribution is -0.158. The minimum Gasteiger partial charge on any atom is -0.457 e. The van der Waals surface area contributed by atoms with Gasteiger partial charge in [-0.2, -0.15) is 4.98 Å². The van der Waals surface area contributed by atoms with E-state index in [0.717, 1.165) is 15.9 Å². The predicted octanol–water partition coefficient (Wildman–Crippen LogP) is 4.80. The molecule has 0 aliphatic carbocycles. The molecule has 2 aliphatic rings. The standard InChI is InChI=1S/C40H45N5O7Si/c1-25(2)36(47)43-38-42-35-32(37(48)44-38)45(24-41-35)31-22-40(27-16-10-7-11-17-27)34(51-31)33(50-26(3)46)30(52-40)23-49-53(39(4,5)6,28-18-12-8-13-19-28)29-20-14-9-15-21-29/h7-21,24-25,30-31,33-34H,22-23H2,1-6H3,(H2,42,43,44,47,48)/t30-,31+,33-,34?,40+/m1/s1. The lowest BCUT2D eigenvalue weighted by atomic mass is 9.86. The fourth-order valence-electron chi connectivity index (χ4n) is 7.85. The number of rotatable bonds is 10. The van der Waals surface area contributed by atoms with E-state index in [0.29, 0.717) is 0 Å². The number of fused-ring (bicyclic) bond motifs is 2. The van der Waals surface area contributed by atoms with E-state index in [4.69, 9.17) is 18.6 Å². The van der Waals surface area contributed by atoms with Crippen molar-refractivity contribution in [3.8, 4) is 0 Å². The fraction of sp³-hybridized carbons (Fsp3) is 0.375. The summed E-state index contributed by atoms with van der Waals surface area (Å²) in [4.78, 5) is 50.0. The Hall–Kier alpha value is -4.95.